The first-order valence-electron chi connectivity index (χ1n) is 5.57. The molecule has 0 aromatic rings. The van der Waals surface area contributed by atoms with Crippen LogP contribution in [0.1, 0.15) is 33.6 Å². The van der Waals surface area contributed by atoms with Crippen molar-refractivity contribution >= 4 is 8.07 Å². The van der Waals surface area contributed by atoms with Crippen LogP contribution in [0.25, 0.3) is 0 Å². The Bertz CT molecular complexity index is 260. The molecule has 86 valence electrons. The normalized spacial score (nSPS) is 12.7. The quantitative estimate of drug-likeness (QED) is 0.337. The van der Waals surface area contributed by atoms with Crippen LogP contribution in [0.3, 0.4) is 0 Å². The molecule has 0 heterocycles. The van der Waals surface area contributed by atoms with E-state index in [1.165, 1.54) is 0 Å². The van der Waals surface area contributed by atoms with Crippen molar-refractivity contribution in [3.05, 3.63) is 12.2 Å². The van der Waals surface area contributed by atoms with Crippen LogP contribution in [-0.2, 0) is 0 Å². The number of aliphatic hydroxyl groups excluding tert-OH is 1. The zero-order valence-electron chi connectivity index (χ0n) is 10.7. The van der Waals surface area contributed by atoms with E-state index in [1.54, 1.807) is 6.08 Å². The molecule has 0 aromatic carbocycles. The molecule has 0 aromatic heterocycles. The summed E-state index contributed by atoms with van der Waals surface area (Å²) in [7, 11) is -1.41. The molecule has 0 aliphatic carbocycles. The Kier molecular flexibility index (Phi) is 5.93. The standard InChI is InChI=1S/C13H24OSi/c1-13(2,3)15(4,5)12-10-8-6-7-9-11-14/h7,9,14H,6,8,11H2,1-5H3/b9-7+. The van der Waals surface area contributed by atoms with Gasteiger partial charge >= 0.3 is 0 Å². The molecular formula is C13H24OSi. The van der Waals surface area contributed by atoms with E-state index in [-0.39, 0.29) is 6.61 Å². The van der Waals surface area contributed by atoms with Gasteiger partial charge in [-0.25, -0.2) is 0 Å². The molecule has 0 aliphatic heterocycles. The predicted molar refractivity (Wildman–Crippen MR) is 70.4 cm³/mol. The molecule has 0 rings (SSSR count). The zero-order chi connectivity index (χ0) is 11.9. The van der Waals surface area contributed by atoms with Crippen molar-refractivity contribution < 1.29 is 5.11 Å². The van der Waals surface area contributed by atoms with Crippen molar-refractivity contribution in [1.82, 2.24) is 0 Å². The fraction of sp³-hybridized carbons (Fsp3) is 0.692. The number of allylic oxidation sites excluding steroid dienone is 1. The summed E-state index contributed by atoms with van der Waals surface area (Å²) in [5, 5.41) is 8.89. The van der Waals surface area contributed by atoms with Crippen LogP contribution >= 0.6 is 0 Å². The molecule has 0 aliphatic rings. The molecule has 15 heavy (non-hydrogen) atoms. The summed E-state index contributed by atoms with van der Waals surface area (Å²) in [6, 6.07) is 0. The Labute approximate surface area is 95.6 Å². The molecule has 0 saturated heterocycles. The van der Waals surface area contributed by atoms with Crippen molar-refractivity contribution in [1.29, 1.82) is 0 Å². The molecular weight excluding hydrogens is 200 g/mol. The van der Waals surface area contributed by atoms with Gasteiger partial charge in [-0.3, -0.25) is 0 Å². The van der Waals surface area contributed by atoms with E-state index in [0.29, 0.717) is 5.04 Å². The highest BCUT2D eigenvalue weighted by molar-refractivity contribution is 6.87. The van der Waals surface area contributed by atoms with Crippen LogP contribution in [0.4, 0.5) is 0 Å². The average Bonchev–Trinajstić information content (AvgIpc) is 2.09. The zero-order valence-corrected chi connectivity index (χ0v) is 11.7. The van der Waals surface area contributed by atoms with E-state index in [9.17, 15) is 0 Å². The summed E-state index contributed by atoms with van der Waals surface area (Å²) in [5.74, 6) is 3.27. The summed E-state index contributed by atoms with van der Waals surface area (Å²) < 4.78 is 0. The van der Waals surface area contributed by atoms with Crippen molar-refractivity contribution in [2.24, 2.45) is 0 Å². The molecule has 0 bridgehead atoms. The molecule has 0 saturated carbocycles. The van der Waals surface area contributed by atoms with Crippen molar-refractivity contribution in [3.63, 3.8) is 0 Å². The van der Waals surface area contributed by atoms with E-state index in [4.69, 9.17) is 5.11 Å². The highest BCUT2D eigenvalue weighted by Crippen LogP contribution is 2.35. The van der Waals surface area contributed by atoms with Gasteiger partial charge in [0.25, 0.3) is 0 Å². The number of unbranched alkanes of at least 4 members (excludes halogenated alkanes) is 1. The number of aliphatic hydroxyl groups is 1. The SMILES string of the molecule is CC(C)(C)[Si](C)(C)C#CCC/C=C/CO. The Morgan fingerprint density at radius 3 is 2.27 bits per heavy atom. The van der Waals surface area contributed by atoms with Gasteiger partial charge in [-0.15, -0.1) is 11.5 Å². The maximum Gasteiger partial charge on any atom is 0.137 e. The highest BCUT2D eigenvalue weighted by atomic mass is 28.3. The first kappa shape index (κ1) is 14.5. The fourth-order valence-corrected chi connectivity index (χ4v) is 1.76. The molecule has 0 spiro atoms. The lowest BCUT2D eigenvalue weighted by Gasteiger charge is -2.31. The van der Waals surface area contributed by atoms with Gasteiger partial charge in [-0.05, 0) is 11.5 Å². The van der Waals surface area contributed by atoms with Gasteiger partial charge in [-0.1, -0.05) is 46.0 Å². The fourth-order valence-electron chi connectivity index (χ4n) is 0.819. The summed E-state index contributed by atoms with van der Waals surface area (Å²) in [6.45, 7) is 11.6. The van der Waals surface area contributed by atoms with E-state index in [0.717, 1.165) is 12.8 Å². The minimum atomic E-state index is -1.41. The second kappa shape index (κ2) is 6.15. The molecule has 0 fully saturated rings. The largest absolute Gasteiger partial charge is 0.392 e. The van der Waals surface area contributed by atoms with Crippen LogP contribution < -0.4 is 0 Å². The maximum atomic E-state index is 8.54. The topological polar surface area (TPSA) is 20.2 Å². The molecule has 0 unspecified atom stereocenters. The smallest absolute Gasteiger partial charge is 0.137 e. The monoisotopic (exact) mass is 224 g/mol. The van der Waals surface area contributed by atoms with Crippen LogP contribution in [0.5, 0.6) is 0 Å². The molecule has 0 radical (unpaired) electrons. The molecule has 1 N–H and O–H groups in total. The van der Waals surface area contributed by atoms with Gasteiger partial charge in [0.05, 0.1) is 6.61 Å². The Morgan fingerprint density at radius 2 is 1.80 bits per heavy atom. The van der Waals surface area contributed by atoms with Gasteiger partial charge in [0.1, 0.15) is 8.07 Å². The second-order valence-electron chi connectivity index (χ2n) is 5.37. The van der Waals surface area contributed by atoms with E-state index in [2.05, 4.69) is 45.3 Å². The van der Waals surface area contributed by atoms with Crippen LogP contribution in [0.2, 0.25) is 18.1 Å². The first-order valence-corrected chi connectivity index (χ1v) is 8.57. The first-order chi connectivity index (χ1) is 6.81. The molecule has 0 amide bonds. The minimum absolute atomic E-state index is 0.135. The Hall–Kier alpha value is -0.523. The van der Waals surface area contributed by atoms with Gasteiger partial charge in [-0.2, -0.15) is 0 Å². The van der Waals surface area contributed by atoms with E-state index < -0.39 is 8.07 Å². The molecule has 1 nitrogen and oxygen atoms in total. The lowest BCUT2D eigenvalue weighted by Crippen LogP contribution is -2.35. The molecule has 0 atom stereocenters. The van der Waals surface area contributed by atoms with Crippen molar-refractivity contribution in [2.45, 2.75) is 51.7 Å². The van der Waals surface area contributed by atoms with Crippen LogP contribution in [0.15, 0.2) is 12.2 Å². The van der Waals surface area contributed by atoms with Crippen molar-refractivity contribution in [3.8, 4) is 11.5 Å². The average molecular weight is 224 g/mol. The second-order valence-corrected chi connectivity index (χ2v) is 10.4. The van der Waals surface area contributed by atoms with Gasteiger partial charge in [0, 0.05) is 6.42 Å². The van der Waals surface area contributed by atoms with Gasteiger partial charge in [0.15, 0.2) is 0 Å². The Balaban J connectivity index is 4.12. The van der Waals surface area contributed by atoms with E-state index >= 15 is 0 Å². The third-order valence-corrected chi connectivity index (χ3v) is 7.54. The number of rotatable bonds is 3. The van der Waals surface area contributed by atoms with E-state index in [1.807, 2.05) is 6.08 Å². The summed E-state index contributed by atoms with van der Waals surface area (Å²) in [6.07, 6.45) is 5.61. The van der Waals surface area contributed by atoms with Crippen molar-refractivity contribution in [2.75, 3.05) is 6.61 Å². The Morgan fingerprint density at radius 1 is 1.20 bits per heavy atom. The minimum Gasteiger partial charge on any atom is -0.392 e. The summed E-state index contributed by atoms with van der Waals surface area (Å²) >= 11 is 0. The predicted octanol–water partition coefficient (Wildman–Crippen LogP) is 3.37. The summed E-state index contributed by atoms with van der Waals surface area (Å²) in [4.78, 5) is 0. The number of hydrogen-bond acceptors (Lipinski definition) is 1. The highest BCUT2D eigenvalue weighted by Gasteiger charge is 2.33. The summed E-state index contributed by atoms with van der Waals surface area (Å²) in [5.41, 5.74) is 3.47. The third kappa shape index (κ3) is 5.81. The number of hydrogen-bond donors (Lipinski definition) is 1. The maximum absolute atomic E-state index is 8.54. The van der Waals surface area contributed by atoms with Crippen LogP contribution in [0, 0.1) is 11.5 Å². The van der Waals surface area contributed by atoms with Crippen LogP contribution in [-0.4, -0.2) is 19.8 Å². The lowest BCUT2D eigenvalue weighted by molar-refractivity contribution is 0.342. The van der Waals surface area contributed by atoms with Gasteiger partial charge < -0.3 is 5.11 Å². The lowest BCUT2D eigenvalue weighted by atomic mass is 10.2. The van der Waals surface area contributed by atoms with Gasteiger partial charge in [0.2, 0.25) is 0 Å². The molecule has 2 heteroatoms. The third-order valence-electron chi connectivity index (χ3n) is 2.98.